The van der Waals surface area contributed by atoms with Gasteiger partial charge < -0.3 is 10.0 Å². The van der Waals surface area contributed by atoms with E-state index in [0.29, 0.717) is 18.2 Å². The monoisotopic (exact) mass is 186 g/mol. The smallest absolute Gasteiger partial charge is 0.147 e. The van der Waals surface area contributed by atoms with Gasteiger partial charge in [-0.2, -0.15) is 0 Å². The second kappa shape index (κ2) is 4.72. The minimum Gasteiger partial charge on any atom is -0.396 e. The van der Waals surface area contributed by atoms with Crippen molar-refractivity contribution in [3.8, 4) is 0 Å². The predicted octanol–water partition coefficient (Wildman–Crippen LogP) is -0.749. The van der Waals surface area contributed by atoms with Gasteiger partial charge in [0.25, 0.3) is 0 Å². The van der Waals surface area contributed by atoms with Gasteiger partial charge in [-0.3, -0.25) is 4.79 Å². The molecular formula is C10H20NO2+. The average molecular weight is 186 g/mol. The van der Waals surface area contributed by atoms with E-state index >= 15 is 0 Å². The first-order valence-electron chi connectivity index (χ1n) is 5.15. The normalized spacial score (nSPS) is 35.0. The summed E-state index contributed by atoms with van der Waals surface area (Å²) in [7, 11) is 0. The van der Waals surface area contributed by atoms with E-state index < -0.39 is 0 Å². The zero-order chi connectivity index (χ0) is 9.84. The number of aliphatic hydroxyl groups excluding tert-OH is 1. The van der Waals surface area contributed by atoms with Crippen molar-refractivity contribution in [3.05, 3.63) is 0 Å². The van der Waals surface area contributed by atoms with E-state index in [1.165, 1.54) is 4.90 Å². The number of piperidine rings is 1. The standard InChI is InChI=1S/C10H19NO2/c1-8-9(2)11(5-3-7-12)6-4-10(8)13/h8-9,12H,3-7H2,1-2H3/p+1/t8-,9+/m0/s1. The summed E-state index contributed by atoms with van der Waals surface area (Å²) in [5, 5.41) is 8.72. The van der Waals surface area contributed by atoms with Crippen molar-refractivity contribution in [2.75, 3.05) is 19.7 Å². The van der Waals surface area contributed by atoms with E-state index in [-0.39, 0.29) is 12.5 Å². The highest BCUT2D eigenvalue weighted by molar-refractivity contribution is 5.81. The van der Waals surface area contributed by atoms with Gasteiger partial charge in [0, 0.05) is 13.0 Å². The van der Waals surface area contributed by atoms with Gasteiger partial charge in [-0.05, 0) is 13.8 Å². The molecule has 76 valence electrons. The topological polar surface area (TPSA) is 41.7 Å². The molecule has 1 saturated heterocycles. The summed E-state index contributed by atoms with van der Waals surface area (Å²) >= 11 is 0. The van der Waals surface area contributed by atoms with E-state index in [9.17, 15) is 4.79 Å². The first-order valence-corrected chi connectivity index (χ1v) is 5.15. The lowest BCUT2D eigenvalue weighted by molar-refractivity contribution is -0.928. The number of rotatable bonds is 3. The Morgan fingerprint density at radius 3 is 2.85 bits per heavy atom. The maximum atomic E-state index is 11.4. The molecule has 13 heavy (non-hydrogen) atoms. The molecule has 1 aliphatic heterocycles. The minimum absolute atomic E-state index is 0.197. The molecular weight excluding hydrogens is 166 g/mol. The van der Waals surface area contributed by atoms with E-state index in [4.69, 9.17) is 5.11 Å². The van der Waals surface area contributed by atoms with Crippen LogP contribution in [0.15, 0.2) is 0 Å². The number of hydrogen-bond acceptors (Lipinski definition) is 2. The molecule has 0 aromatic heterocycles. The number of hydrogen-bond donors (Lipinski definition) is 2. The molecule has 3 atom stereocenters. The first kappa shape index (κ1) is 10.7. The third-order valence-electron chi connectivity index (χ3n) is 3.25. The summed E-state index contributed by atoms with van der Waals surface area (Å²) in [5.41, 5.74) is 0. The van der Waals surface area contributed by atoms with Gasteiger partial charge in [0.1, 0.15) is 5.78 Å². The Balaban J connectivity index is 2.44. The Kier molecular flexibility index (Phi) is 3.88. The molecule has 3 heteroatoms. The highest BCUT2D eigenvalue weighted by atomic mass is 16.3. The van der Waals surface area contributed by atoms with E-state index in [1.54, 1.807) is 0 Å². The fourth-order valence-corrected chi connectivity index (χ4v) is 2.03. The number of carbonyl (C=O) groups excluding carboxylic acids is 1. The van der Waals surface area contributed by atoms with Crippen LogP contribution in [0.5, 0.6) is 0 Å². The van der Waals surface area contributed by atoms with Crippen LogP contribution in [-0.2, 0) is 4.79 Å². The summed E-state index contributed by atoms with van der Waals surface area (Å²) < 4.78 is 0. The minimum atomic E-state index is 0.197. The third kappa shape index (κ3) is 2.51. The lowest BCUT2D eigenvalue weighted by atomic mass is 9.90. The van der Waals surface area contributed by atoms with Crippen molar-refractivity contribution in [2.45, 2.75) is 32.7 Å². The summed E-state index contributed by atoms with van der Waals surface area (Å²) in [4.78, 5) is 12.8. The van der Waals surface area contributed by atoms with Crippen LogP contribution in [0.4, 0.5) is 0 Å². The molecule has 2 N–H and O–H groups in total. The van der Waals surface area contributed by atoms with E-state index in [1.807, 2.05) is 6.92 Å². The molecule has 1 unspecified atom stereocenters. The van der Waals surface area contributed by atoms with Crippen LogP contribution in [0.25, 0.3) is 0 Å². The van der Waals surface area contributed by atoms with Crippen LogP contribution in [0.2, 0.25) is 0 Å². The summed E-state index contributed by atoms with van der Waals surface area (Å²) in [6.45, 7) is 6.36. The molecule has 0 aliphatic carbocycles. The van der Waals surface area contributed by atoms with Gasteiger partial charge >= 0.3 is 0 Å². The summed E-state index contributed by atoms with van der Waals surface area (Å²) in [6.07, 6.45) is 1.56. The number of ketones is 1. The number of quaternary nitrogens is 1. The molecule has 0 amide bonds. The molecule has 0 spiro atoms. The fourth-order valence-electron chi connectivity index (χ4n) is 2.03. The zero-order valence-electron chi connectivity index (χ0n) is 8.55. The van der Waals surface area contributed by atoms with Crippen LogP contribution in [0.1, 0.15) is 26.7 Å². The average Bonchev–Trinajstić information content (AvgIpc) is 2.13. The maximum absolute atomic E-state index is 11.4. The first-order chi connectivity index (χ1) is 6.16. The Hall–Kier alpha value is -0.410. The van der Waals surface area contributed by atoms with Gasteiger partial charge in [-0.25, -0.2) is 0 Å². The number of likely N-dealkylation sites (tertiary alicyclic amines) is 1. The van der Waals surface area contributed by atoms with Crippen LogP contribution in [0, 0.1) is 5.92 Å². The van der Waals surface area contributed by atoms with Crippen molar-refractivity contribution >= 4 is 5.78 Å². The lowest BCUT2D eigenvalue weighted by Gasteiger charge is -2.33. The van der Waals surface area contributed by atoms with Crippen molar-refractivity contribution in [1.29, 1.82) is 0 Å². The third-order valence-corrected chi connectivity index (χ3v) is 3.25. The quantitative estimate of drug-likeness (QED) is 0.609. The molecule has 0 aromatic rings. The van der Waals surface area contributed by atoms with Crippen molar-refractivity contribution < 1.29 is 14.8 Å². The summed E-state index contributed by atoms with van der Waals surface area (Å²) in [6, 6.07) is 0.424. The fraction of sp³-hybridized carbons (Fsp3) is 0.900. The van der Waals surface area contributed by atoms with Crippen molar-refractivity contribution in [1.82, 2.24) is 0 Å². The Labute approximate surface area is 79.7 Å². The number of carbonyl (C=O) groups is 1. The molecule has 0 aromatic carbocycles. The zero-order valence-corrected chi connectivity index (χ0v) is 8.55. The molecule has 0 radical (unpaired) electrons. The van der Waals surface area contributed by atoms with Crippen molar-refractivity contribution in [3.63, 3.8) is 0 Å². The van der Waals surface area contributed by atoms with Gasteiger partial charge in [0.15, 0.2) is 0 Å². The molecule has 0 saturated carbocycles. The van der Waals surface area contributed by atoms with E-state index in [2.05, 4.69) is 6.92 Å². The molecule has 1 aliphatic rings. The van der Waals surface area contributed by atoms with Crippen molar-refractivity contribution in [2.24, 2.45) is 5.92 Å². The Morgan fingerprint density at radius 1 is 1.54 bits per heavy atom. The summed E-state index contributed by atoms with van der Waals surface area (Å²) in [5.74, 6) is 0.600. The molecule has 1 fully saturated rings. The molecule has 0 bridgehead atoms. The van der Waals surface area contributed by atoms with Crippen LogP contribution < -0.4 is 4.90 Å². The van der Waals surface area contributed by atoms with Gasteiger partial charge in [-0.1, -0.05) is 0 Å². The van der Waals surface area contributed by atoms with Crippen LogP contribution >= 0.6 is 0 Å². The second-order valence-electron chi connectivity index (χ2n) is 4.03. The predicted molar refractivity (Wildman–Crippen MR) is 50.6 cm³/mol. The Morgan fingerprint density at radius 2 is 2.23 bits per heavy atom. The number of nitrogens with one attached hydrogen (secondary N) is 1. The van der Waals surface area contributed by atoms with Gasteiger partial charge in [0.2, 0.25) is 0 Å². The Bertz CT molecular complexity index is 182. The van der Waals surface area contributed by atoms with Gasteiger partial charge in [0.05, 0.1) is 31.5 Å². The highest BCUT2D eigenvalue weighted by Gasteiger charge is 2.33. The lowest BCUT2D eigenvalue weighted by Crippen LogP contribution is -3.17. The van der Waals surface area contributed by atoms with Crippen LogP contribution in [0.3, 0.4) is 0 Å². The molecule has 1 rings (SSSR count). The van der Waals surface area contributed by atoms with Gasteiger partial charge in [-0.15, -0.1) is 0 Å². The largest absolute Gasteiger partial charge is 0.396 e. The maximum Gasteiger partial charge on any atom is 0.147 e. The SMILES string of the molecule is C[C@@H]1C(=O)CC[NH+](CCCO)[C@@H]1C. The van der Waals surface area contributed by atoms with Crippen LogP contribution in [-0.4, -0.2) is 36.6 Å². The highest BCUT2D eigenvalue weighted by Crippen LogP contribution is 2.07. The second-order valence-corrected chi connectivity index (χ2v) is 4.03. The molecule has 1 heterocycles. The number of Topliss-reactive ketones (excluding diaryl/α,β-unsaturated/α-hetero) is 1. The number of aliphatic hydroxyl groups is 1. The van der Waals surface area contributed by atoms with E-state index in [0.717, 1.165) is 19.5 Å². The molecule has 3 nitrogen and oxygen atoms in total.